The average Bonchev–Trinajstić information content (AvgIpc) is 1.93. The van der Waals surface area contributed by atoms with Gasteiger partial charge in [-0.1, -0.05) is 0 Å². The molecule has 0 amide bonds. The molecule has 0 fully saturated rings. The Balaban J connectivity index is 3.18. The first-order chi connectivity index (χ1) is 4.63. The van der Waals surface area contributed by atoms with Crippen LogP contribution in [0.2, 0.25) is 0 Å². The Morgan fingerprint density at radius 1 is 1.20 bits per heavy atom. The predicted octanol–water partition coefficient (Wildman–Crippen LogP) is 2.97. The Hall–Kier alpha value is 1.05. The van der Waals surface area contributed by atoms with Crippen LogP contribution in [-0.2, 0) is 0 Å². The monoisotopic (exact) mass is 276 g/mol. The molecule has 0 saturated carbocycles. The second-order valence-corrected chi connectivity index (χ2v) is 8.81. The zero-order valence-corrected chi connectivity index (χ0v) is 9.79. The van der Waals surface area contributed by atoms with Gasteiger partial charge < -0.3 is 0 Å². The summed E-state index contributed by atoms with van der Waals surface area (Å²) in [7, 11) is 5.86. The van der Waals surface area contributed by atoms with Crippen molar-refractivity contribution in [2.75, 3.05) is 0 Å². The van der Waals surface area contributed by atoms with E-state index >= 15 is 0 Å². The van der Waals surface area contributed by atoms with Gasteiger partial charge in [0, 0.05) is 0 Å². The molecule has 5 heteroatoms. The van der Waals surface area contributed by atoms with Crippen LogP contribution < -0.4 is 0 Å². The summed E-state index contributed by atoms with van der Waals surface area (Å²) in [5.41, 5.74) is 0. The van der Waals surface area contributed by atoms with Gasteiger partial charge in [-0.05, 0) is 0 Å². The van der Waals surface area contributed by atoms with Gasteiger partial charge in [-0.2, -0.15) is 0 Å². The Bertz CT molecular complexity index is 224. The standard InChI is InChI=1S/C5H2Cl4Ge/c6-3-1-2-10(9)5(8)4(3)7/h1-2H. The van der Waals surface area contributed by atoms with E-state index in [1.807, 2.05) is 4.91 Å². The summed E-state index contributed by atoms with van der Waals surface area (Å²) < 4.78 is 0.552. The Kier molecular flexibility index (Phi) is 3.32. The van der Waals surface area contributed by atoms with Crippen molar-refractivity contribution in [1.82, 2.24) is 0 Å². The van der Waals surface area contributed by atoms with Crippen LogP contribution in [0.25, 0.3) is 0 Å². The molecule has 0 unspecified atom stereocenters. The normalized spacial score (nSPS) is 18.8. The fraction of sp³-hybridized carbons (Fsp3) is 0. The average molecular weight is 276 g/mol. The molecule has 1 aliphatic heterocycles. The van der Waals surface area contributed by atoms with Crippen molar-refractivity contribution < 1.29 is 0 Å². The van der Waals surface area contributed by atoms with Crippen LogP contribution in [-0.4, -0.2) is 16.8 Å². The molecule has 0 radical (unpaired) electrons. The molecule has 0 N–H and O–H groups in total. The third-order valence-electron chi connectivity index (χ3n) is 0.988. The van der Waals surface area contributed by atoms with Gasteiger partial charge in [0.05, 0.1) is 0 Å². The molecular formula is C5H2Cl4Ge. The van der Waals surface area contributed by atoms with Crippen molar-refractivity contribution in [3.63, 3.8) is 0 Å². The van der Waals surface area contributed by atoms with E-state index in [1.54, 1.807) is 6.08 Å². The van der Waals surface area contributed by atoms with Crippen LogP contribution >= 0.6 is 44.8 Å². The Labute approximate surface area is 82.2 Å². The van der Waals surface area contributed by atoms with Crippen molar-refractivity contribution in [2.45, 2.75) is 0 Å². The summed E-state index contributed by atoms with van der Waals surface area (Å²) >= 11 is 15.3. The van der Waals surface area contributed by atoms with Gasteiger partial charge in [0.25, 0.3) is 0 Å². The van der Waals surface area contributed by atoms with E-state index in [4.69, 9.17) is 44.8 Å². The van der Waals surface area contributed by atoms with E-state index in [-0.39, 0.29) is 0 Å². The fourth-order valence-corrected chi connectivity index (χ4v) is 4.87. The quantitative estimate of drug-likeness (QED) is 0.597. The van der Waals surface area contributed by atoms with Gasteiger partial charge in [0.15, 0.2) is 0 Å². The van der Waals surface area contributed by atoms with Gasteiger partial charge in [-0.25, -0.2) is 0 Å². The summed E-state index contributed by atoms with van der Waals surface area (Å²) in [5.74, 6) is 0. The molecule has 1 rings (SSSR count). The molecule has 0 spiro atoms. The Morgan fingerprint density at radius 2 is 1.80 bits per heavy atom. The van der Waals surface area contributed by atoms with Crippen molar-refractivity contribution in [2.24, 2.45) is 0 Å². The first kappa shape index (κ1) is 9.14. The molecule has 0 aromatic heterocycles. The van der Waals surface area contributed by atoms with Gasteiger partial charge in [0.2, 0.25) is 0 Å². The van der Waals surface area contributed by atoms with Crippen LogP contribution in [0.15, 0.2) is 21.0 Å². The van der Waals surface area contributed by atoms with E-state index in [9.17, 15) is 0 Å². The first-order valence-corrected chi connectivity index (χ1v) is 8.57. The number of hydrogen-bond donors (Lipinski definition) is 0. The van der Waals surface area contributed by atoms with Gasteiger partial charge in [-0.15, -0.1) is 0 Å². The summed E-state index contributed by atoms with van der Waals surface area (Å²) in [6, 6.07) is 0. The molecule has 10 heavy (non-hydrogen) atoms. The number of rotatable bonds is 0. The molecule has 0 aliphatic carbocycles. The topological polar surface area (TPSA) is 0 Å². The SMILES string of the molecule is ClC1=C(Cl)[C](Cl)=[Ge]([Cl])[CH]=C1. The van der Waals surface area contributed by atoms with Crippen LogP contribution in [0, 0.1) is 0 Å². The summed E-state index contributed by atoms with van der Waals surface area (Å²) in [6.45, 7) is 0. The van der Waals surface area contributed by atoms with E-state index in [1.165, 1.54) is 0 Å². The van der Waals surface area contributed by atoms with Gasteiger partial charge >= 0.3 is 82.6 Å². The molecule has 0 nitrogen and oxygen atoms in total. The Morgan fingerprint density at radius 3 is 2.30 bits per heavy atom. The van der Waals surface area contributed by atoms with Crippen LogP contribution in [0.3, 0.4) is 0 Å². The van der Waals surface area contributed by atoms with E-state index in [0.29, 0.717) is 13.9 Å². The van der Waals surface area contributed by atoms with Crippen molar-refractivity contribution in [1.29, 1.82) is 0 Å². The summed E-state index contributed by atoms with van der Waals surface area (Å²) in [4.78, 5) is 1.85. The number of allylic oxidation sites excluding steroid dienone is 3. The second-order valence-electron chi connectivity index (χ2n) is 1.66. The van der Waals surface area contributed by atoms with Crippen LogP contribution in [0.1, 0.15) is 0 Å². The second kappa shape index (κ2) is 3.64. The van der Waals surface area contributed by atoms with Crippen LogP contribution in [0.5, 0.6) is 0 Å². The molecule has 54 valence electrons. The number of hydrogen-bond acceptors (Lipinski definition) is 0. The molecule has 0 aromatic carbocycles. The van der Waals surface area contributed by atoms with Crippen molar-refractivity contribution in [3.05, 3.63) is 21.0 Å². The van der Waals surface area contributed by atoms with Crippen LogP contribution in [0.4, 0.5) is 0 Å². The number of halogens is 4. The van der Waals surface area contributed by atoms with Crippen molar-refractivity contribution in [3.8, 4) is 0 Å². The summed E-state index contributed by atoms with van der Waals surface area (Å²) in [6.07, 6.45) is 1.71. The van der Waals surface area contributed by atoms with E-state index < -0.39 is 13.0 Å². The van der Waals surface area contributed by atoms with Crippen molar-refractivity contribution >= 4 is 61.6 Å². The summed E-state index contributed by atoms with van der Waals surface area (Å²) in [5, 5.41) is 0.888. The predicted molar refractivity (Wildman–Crippen MR) is 50.3 cm³/mol. The third kappa shape index (κ3) is 1.80. The minimum atomic E-state index is -1.84. The molecule has 0 aromatic rings. The van der Waals surface area contributed by atoms with E-state index in [2.05, 4.69) is 0 Å². The molecule has 0 bridgehead atoms. The zero-order chi connectivity index (χ0) is 7.72. The molecule has 0 saturated heterocycles. The maximum absolute atomic E-state index is 5.86. The fourth-order valence-electron chi connectivity index (χ4n) is 0.502. The first-order valence-electron chi connectivity index (χ1n) is 2.42. The molecule has 1 aliphatic rings. The minimum absolute atomic E-state index is 0.413. The van der Waals surface area contributed by atoms with E-state index in [0.717, 1.165) is 0 Å². The molecular weight excluding hydrogens is 274 g/mol. The third-order valence-corrected chi connectivity index (χ3v) is 7.98. The zero-order valence-electron chi connectivity index (χ0n) is 4.67. The maximum atomic E-state index is 5.86. The van der Waals surface area contributed by atoms with Gasteiger partial charge in [0.1, 0.15) is 0 Å². The molecule has 0 atom stereocenters. The molecule has 1 heterocycles. The van der Waals surface area contributed by atoms with Gasteiger partial charge in [-0.3, -0.25) is 0 Å².